The Morgan fingerprint density at radius 3 is 2.33 bits per heavy atom. The lowest BCUT2D eigenvalue weighted by Crippen LogP contribution is -2.65. The number of primary amides is 1. The third-order valence-corrected chi connectivity index (χ3v) is 9.27. The molecule has 1 saturated heterocycles. The molecule has 5 rings (SSSR count). The van der Waals surface area contributed by atoms with Crippen LogP contribution in [0.3, 0.4) is 0 Å². The van der Waals surface area contributed by atoms with Crippen LogP contribution in [-0.4, -0.2) is 113 Å². The highest BCUT2D eigenvalue weighted by Gasteiger charge is 2.64. The number of piperidine rings is 1. The van der Waals surface area contributed by atoms with Crippen LogP contribution < -0.4 is 16.0 Å². The smallest absolute Gasteiger partial charge is 0.255 e. The zero-order chi connectivity index (χ0) is 31.5. The lowest BCUT2D eigenvalue weighted by atomic mass is 9.57. The van der Waals surface area contributed by atoms with E-state index in [1.165, 1.54) is 4.90 Å². The van der Waals surface area contributed by atoms with Gasteiger partial charge >= 0.3 is 0 Å². The summed E-state index contributed by atoms with van der Waals surface area (Å²) in [6, 6.07) is 0.457. The summed E-state index contributed by atoms with van der Waals surface area (Å²) in [5.74, 6) is -7.56. The zero-order valence-corrected chi connectivity index (χ0v) is 24.8. The maximum atomic E-state index is 14.1. The number of carbonyl (C=O) groups is 4. The molecule has 4 aliphatic rings. The number of phenolic OH excluding ortho intramolecular Hbond substituents is 1. The number of aliphatic hydroxyl groups excluding tert-OH is 2. The molecule has 1 heterocycles. The fourth-order valence-corrected chi connectivity index (χ4v) is 7.30. The molecule has 0 radical (unpaired) electrons. The van der Waals surface area contributed by atoms with E-state index in [1.807, 2.05) is 4.90 Å². The number of aromatic hydroxyl groups is 1. The van der Waals surface area contributed by atoms with Gasteiger partial charge < -0.3 is 36.4 Å². The van der Waals surface area contributed by atoms with Gasteiger partial charge in [0.1, 0.15) is 22.8 Å². The van der Waals surface area contributed by atoms with Crippen molar-refractivity contribution >= 4 is 40.5 Å². The van der Waals surface area contributed by atoms with Gasteiger partial charge in [-0.2, -0.15) is 0 Å². The van der Waals surface area contributed by atoms with Crippen molar-refractivity contribution in [3.8, 4) is 5.75 Å². The van der Waals surface area contributed by atoms with Gasteiger partial charge in [0.15, 0.2) is 11.4 Å². The number of fused-ring (bicyclic) bond motifs is 3. The topological polar surface area (TPSA) is 197 Å². The van der Waals surface area contributed by atoms with Crippen molar-refractivity contribution < 1.29 is 39.6 Å². The van der Waals surface area contributed by atoms with Crippen molar-refractivity contribution in [1.29, 1.82) is 0 Å². The van der Waals surface area contributed by atoms with Crippen molar-refractivity contribution in [3.05, 3.63) is 34.1 Å². The molecule has 1 aromatic rings. The minimum atomic E-state index is -2.72. The van der Waals surface area contributed by atoms with Crippen molar-refractivity contribution in [2.75, 3.05) is 58.0 Å². The maximum Gasteiger partial charge on any atom is 0.255 e. The first-order valence-electron chi connectivity index (χ1n) is 14.4. The molecule has 0 bridgehead atoms. The van der Waals surface area contributed by atoms with Crippen LogP contribution in [0.25, 0.3) is 5.76 Å². The summed E-state index contributed by atoms with van der Waals surface area (Å²) < 4.78 is 0. The SMILES string of the molecule is CN(C)c1cc(NC(=O)CN2CCCCC2)c(O)c2c1CC1CC3[C@H](N(C)C)C(=O)C(C(N)=O)=C(O)[C@@]3(O)C(=O)C1=C2O. The van der Waals surface area contributed by atoms with E-state index in [0.29, 0.717) is 11.3 Å². The number of Topliss-reactive ketones (excluding diaryl/α,β-unsaturated/α-hetero) is 2. The van der Waals surface area contributed by atoms with Crippen molar-refractivity contribution in [2.45, 2.75) is 43.7 Å². The molecule has 1 aliphatic heterocycles. The minimum Gasteiger partial charge on any atom is -0.508 e. The molecule has 43 heavy (non-hydrogen) atoms. The van der Waals surface area contributed by atoms with Gasteiger partial charge in [0.05, 0.1) is 23.8 Å². The fraction of sp³-hybridized carbons (Fsp3) is 0.533. The number of aliphatic hydroxyl groups is 3. The van der Waals surface area contributed by atoms with Crippen LogP contribution in [0.5, 0.6) is 5.75 Å². The number of rotatable bonds is 6. The Hall–Kier alpha value is -3.94. The van der Waals surface area contributed by atoms with Crippen LogP contribution in [0.1, 0.15) is 36.8 Å². The molecule has 1 saturated carbocycles. The molecule has 13 nitrogen and oxygen atoms in total. The number of amides is 2. The number of phenols is 1. The molecule has 3 aliphatic carbocycles. The monoisotopic (exact) mass is 597 g/mol. The van der Waals surface area contributed by atoms with Crippen molar-refractivity contribution in [3.63, 3.8) is 0 Å². The van der Waals surface area contributed by atoms with Gasteiger partial charge in [-0.05, 0) is 70.4 Å². The Balaban J connectivity index is 1.62. The summed E-state index contributed by atoms with van der Waals surface area (Å²) in [6.45, 7) is 1.73. The average Bonchev–Trinajstić information content (AvgIpc) is 2.92. The van der Waals surface area contributed by atoms with E-state index in [0.717, 1.165) is 32.4 Å². The van der Waals surface area contributed by atoms with Gasteiger partial charge in [-0.3, -0.25) is 29.0 Å². The first-order valence-corrected chi connectivity index (χ1v) is 14.4. The Morgan fingerprint density at radius 1 is 1.09 bits per heavy atom. The first kappa shape index (κ1) is 30.5. The normalized spacial score (nSPS) is 27.5. The standard InChI is InChI=1S/C30H39N5O8/c1-33(2)18-12-17(32-19(36)13-35-8-6-5-7-9-35)24(37)21-15(18)10-14-11-16-23(34(3)4)26(39)22(29(31)42)28(41)30(16,43)27(40)20(14)25(21)38/h12,14,16,23,37-38,41,43H,5-11,13H2,1-4H3,(H2,31,42)(H,32,36)/t14?,16?,23-,30-/m0/s1. The molecule has 7 N–H and O–H groups in total. The third-order valence-electron chi connectivity index (χ3n) is 9.27. The van der Waals surface area contributed by atoms with Gasteiger partial charge in [-0.15, -0.1) is 0 Å². The van der Waals surface area contributed by atoms with Crippen LogP contribution in [0, 0.1) is 11.8 Å². The molecule has 0 aromatic heterocycles. The number of carbonyl (C=O) groups excluding carboxylic acids is 4. The van der Waals surface area contributed by atoms with Crippen LogP contribution in [0.4, 0.5) is 11.4 Å². The van der Waals surface area contributed by atoms with Gasteiger partial charge in [0.2, 0.25) is 11.7 Å². The zero-order valence-electron chi connectivity index (χ0n) is 24.8. The predicted octanol–water partition coefficient (Wildman–Crippen LogP) is 0.454. The number of hydrogen-bond acceptors (Lipinski definition) is 11. The number of ketones is 2. The molecule has 232 valence electrons. The second kappa shape index (κ2) is 11.0. The Morgan fingerprint density at radius 2 is 1.74 bits per heavy atom. The number of likely N-dealkylation sites (N-methyl/N-ethyl adjacent to an activating group) is 1. The fourth-order valence-electron chi connectivity index (χ4n) is 7.30. The van der Waals surface area contributed by atoms with E-state index >= 15 is 0 Å². The van der Waals surface area contributed by atoms with E-state index in [1.54, 1.807) is 39.2 Å². The lowest BCUT2D eigenvalue weighted by molar-refractivity contribution is -0.153. The Bertz CT molecular complexity index is 1470. The van der Waals surface area contributed by atoms with E-state index in [-0.39, 0.29) is 42.1 Å². The molecule has 2 unspecified atom stereocenters. The van der Waals surface area contributed by atoms with Crippen molar-refractivity contribution in [2.24, 2.45) is 17.6 Å². The van der Waals surface area contributed by atoms with Gasteiger partial charge in [0.25, 0.3) is 5.91 Å². The number of nitrogens with zero attached hydrogens (tertiary/aromatic N) is 3. The van der Waals surface area contributed by atoms with Crippen LogP contribution >= 0.6 is 0 Å². The summed E-state index contributed by atoms with van der Waals surface area (Å²) in [5.41, 5.74) is 2.63. The third kappa shape index (κ3) is 4.75. The van der Waals surface area contributed by atoms with Crippen molar-refractivity contribution in [1.82, 2.24) is 9.80 Å². The van der Waals surface area contributed by atoms with E-state index < -0.39 is 63.8 Å². The number of benzene rings is 1. The molecule has 0 spiro atoms. The number of nitrogens with two attached hydrogens (primary N) is 1. The van der Waals surface area contributed by atoms with Crippen LogP contribution in [0.2, 0.25) is 0 Å². The molecule has 2 amide bonds. The summed E-state index contributed by atoms with van der Waals surface area (Å²) in [6.07, 6.45) is 3.26. The van der Waals surface area contributed by atoms with Gasteiger partial charge in [0, 0.05) is 31.3 Å². The van der Waals surface area contributed by atoms with E-state index in [4.69, 9.17) is 5.73 Å². The number of nitrogens with one attached hydrogen (secondary N) is 1. The maximum absolute atomic E-state index is 14.1. The molecule has 4 atom stereocenters. The van der Waals surface area contributed by atoms with Gasteiger partial charge in [-0.1, -0.05) is 6.42 Å². The molecule has 13 heteroatoms. The Kier molecular flexibility index (Phi) is 7.78. The highest BCUT2D eigenvalue weighted by molar-refractivity contribution is 6.24. The lowest BCUT2D eigenvalue weighted by Gasteiger charge is -2.50. The summed E-state index contributed by atoms with van der Waals surface area (Å²) in [7, 11) is 6.64. The number of anilines is 2. The second-order valence-corrected chi connectivity index (χ2v) is 12.4. The number of likely N-dealkylation sites (tertiary alicyclic amines) is 1. The summed E-state index contributed by atoms with van der Waals surface area (Å²) in [5, 5.41) is 48.5. The molecular weight excluding hydrogens is 558 g/mol. The highest BCUT2D eigenvalue weighted by Crippen LogP contribution is 2.54. The van der Waals surface area contributed by atoms with E-state index in [2.05, 4.69) is 5.32 Å². The Labute approximate surface area is 249 Å². The van der Waals surface area contributed by atoms with Crippen LogP contribution in [0.15, 0.2) is 23.0 Å². The second-order valence-electron chi connectivity index (χ2n) is 12.4. The summed E-state index contributed by atoms with van der Waals surface area (Å²) in [4.78, 5) is 57.7. The minimum absolute atomic E-state index is 0.00624. The number of hydrogen-bond donors (Lipinski definition) is 6. The van der Waals surface area contributed by atoms with Crippen LogP contribution in [-0.2, 0) is 25.6 Å². The largest absolute Gasteiger partial charge is 0.508 e. The predicted molar refractivity (Wildman–Crippen MR) is 157 cm³/mol. The molecule has 1 aromatic carbocycles. The molecular formula is C30H39N5O8. The average molecular weight is 598 g/mol. The van der Waals surface area contributed by atoms with E-state index in [9.17, 15) is 39.6 Å². The first-order chi connectivity index (χ1) is 20.2. The quantitative estimate of drug-likeness (QED) is 0.197. The highest BCUT2D eigenvalue weighted by atomic mass is 16.3. The summed E-state index contributed by atoms with van der Waals surface area (Å²) >= 11 is 0. The molecule has 2 fully saturated rings. The van der Waals surface area contributed by atoms with Gasteiger partial charge in [-0.25, -0.2) is 0 Å².